The summed E-state index contributed by atoms with van der Waals surface area (Å²) in [4.78, 5) is 1.14. The first-order valence-electron chi connectivity index (χ1n) is 5.27. The van der Waals surface area contributed by atoms with Gasteiger partial charge in [-0.25, -0.2) is 0 Å². The van der Waals surface area contributed by atoms with Crippen LogP contribution in [0.25, 0.3) is 0 Å². The number of phenols is 1. The van der Waals surface area contributed by atoms with Crippen LogP contribution in [0.5, 0.6) is 5.75 Å². The molecule has 0 radical (unpaired) electrons. The Hall–Kier alpha value is -1.81. The smallest absolute Gasteiger partial charge is 0.115 e. The molecule has 0 saturated carbocycles. The number of hydrogen-bond acceptors (Lipinski definition) is 4. The van der Waals surface area contributed by atoms with Gasteiger partial charge in [-0.2, -0.15) is 0 Å². The molecule has 0 amide bonds. The Morgan fingerprint density at radius 2 is 1.47 bits per heavy atom. The molecule has 0 heterocycles. The largest absolute Gasteiger partial charge is 0.508 e. The molecule has 0 aliphatic carbocycles. The first-order valence-corrected chi connectivity index (χ1v) is 6.09. The molecular formula is C13H14N2OS. The number of aromatic hydroxyl groups is 1. The van der Waals surface area contributed by atoms with Crippen molar-refractivity contribution in [2.45, 2.75) is 4.90 Å². The van der Waals surface area contributed by atoms with Crippen LogP contribution in [0, 0.1) is 0 Å². The van der Waals surface area contributed by atoms with E-state index in [1.807, 2.05) is 43.4 Å². The van der Waals surface area contributed by atoms with Crippen molar-refractivity contribution in [2.75, 3.05) is 17.1 Å². The molecule has 0 bridgehead atoms. The Morgan fingerprint density at radius 1 is 0.882 bits per heavy atom. The van der Waals surface area contributed by atoms with Gasteiger partial charge >= 0.3 is 0 Å². The van der Waals surface area contributed by atoms with Crippen molar-refractivity contribution < 1.29 is 5.11 Å². The van der Waals surface area contributed by atoms with Gasteiger partial charge in [-0.15, -0.1) is 0 Å². The molecule has 4 heteroatoms. The zero-order valence-corrected chi connectivity index (χ0v) is 10.3. The number of rotatable bonds is 4. The van der Waals surface area contributed by atoms with Gasteiger partial charge in [0.25, 0.3) is 0 Å². The summed E-state index contributed by atoms with van der Waals surface area (Å²) in [6, 6.07) is 15.1. The van der Waals surface area contributed by atoms with Crippen LogP contribution in [0.1, 0.15) is 0 Å². The summed E-state index contributed by atoms with van der Waals surface area (Å²) in [5.41, 5.74) is 2.06. The molecule has 0 atom stereocenters. The third-order valence-corrected chi connectivity index (χ3v) is 3.14. The lowest BCUT2D eigenvalue weighted by molar-refractivity contribution is 0.475. The van der Waals surface area contributed by atoms with Crippen molar-refractivity contribution in [3.63, 3.8) is 0 Å². The molecule has 2 aromatic rings. The van der Waals surface area contributed by atoms with E-state index in [1.54, 1.807) is 12.1 Å². The SMILES string of the molecule is CNc1ccc(SNc2ccc(O)cc2)cc1. The van der Waals surface area contributed by atoms with Crippen molar-refractivity contribution in [3.8, 4) is 5.75 Å². The van der Waals surface area contributed by atoms with Gasteiger partial charge in [-0.1, -0.05) is 0 Å². The van der Waals surface area contributed by atoms with E-state index in [1.165, 1.54) is 11.9 Å². The first kappa shape index (κ1) is 11.7. The Bertz CT molecular complexity index is 468. The van der Waals surface area contributed by atoms with E-state index >= 15 is 0 Å². The molecule has 3 N–H and O–H groups in total. The van der Waals surface area contributed by atoms with Gasteiger partial charge in [0.15, 0.2) is 0 Å². The maximum Gasteiger partial charge on any atom is 0.115 e. The van der Waals surface area contributed by atoms with Crippen LogP contribution >= 0.6 is 11.9 Å². The average molecular weight is 246 g/mol. The highest BCUT2D eigenvalue weighted by molar-refractivity contribution is 8.00. The summed E-state index contributed by atoms with van der Waals surface area (Å²) in [6.07, 6.45) is 0. The first-order chi connectivity index (χ1) is 8.28. The molecular weight excluding hydrogens is 232 g/mol. The van der Waals surface area contributed by atoms with Crippen molar-refractivity contribution >= 4 is 23.3 Å². The van der Waals surface area contributed by atoms with Gasteiger partial charge in [0, 0.05) is 23.3 Å². The molecule has 0 aromatic heterocycles. The van der Waals surface area contributed by atoms with Gasteiger partial charge in [-0.3, -0.25) is 0 Å². The average Bonchev–Trinajstić information content (AvgIpc) is 2.39. The van der Waals surface area contributed by atoms with Crippen molar-refractivity contribution in [2.24, 2.45) is 0 Å². The van der Waals surface area contributed by atoms with Gasteiger partial charge < -0.3 is 15.1 Å². The van der Waals surface area contributed by atoms with Crippen molar-refractivity contribution in [1.82, 2.24) is 0 Å². The minimum atomic E-state index is 0.277. The topological polar surface area (TPSA) is 44.3 Å². The summed E-state index contributed by atoms with van der Waals surface area (Å²) in [7, 11) is 1.90. The molecule has 2 aromatic carbocycles. The standard InChI is InChI=1S/C13H14N2OS/c1-14-10-4-8-13(9-5-10)17-15-11-2-6-12(16)7-3-11/h2-9,14-16H,1H3. The second kappa shape index (κ2) is 5.50. The number of phenolic OH excluding ortho intramolecular Hbond substituents is 1. The lowest BCUT2D eigenvalue weighted by Crippen LogP contribution is -1.88. The zero-order chi connectivity index (χ0) is 12.1. The fourth-order valence-corrected chi connectivity index (χ4v) is 1.98. The predicted octanol–water partition coefficient (Wildman–Crippen LogP) is 3.55. The maximum atomic E-state index is 9.16. The second-order valence-electron chi connectivity index (χ2n) is 3.53. The lowest BCUT2D eigenvalue weighted by Gasteiger charge is -2.06. The van der Waals surface area contributed by atoms with E-state index < -0.39 is 0 Å². The fraction of sp³-hybridized carbons (Fsp3) is 0.0769. The number of anilines is 2. The maximum absolute atomic E-state index is 9.16. The predicted molar refractivity (Wildman–Crippen MR) is 73.6 cm³/mol. The van der Waals surface area contributed by atoms with Crippen LogP contribution in [0.15, 0.2) is 53.4 Å². The van der Waals surface area contributed by atoms with E-state index in [2.05, 4.69) is 10.0 Å². The highest BCUT2D eigenvalue weighted by atomic mass is 32.2. The summed E-state index contributed by atoms with van der Waals surface area (Å²) in [6.45, 7) is 0. The van der Waals surface area contributed by atoms with Crippen LogP contribution in [-0.4, -0.2) is 12.2 Å². The molecule has 88 valence electrons. The van der Waals surface area contributed by atoms with Gasteiger partial charge in [-0.05, 0) is 60.5 Å². The Morgan fingerprint density at radius 3 is 2.06 bits per heavy atom. The van der Waals surface area contributed by atoms with Crippen LogP contribution in [0.4, 0.5) is 11.4 Å². The minimum Gasteiger partial charge on any atom is -0.508 e. The number of nitrogens with one attached hydrogen (secondary N) is 2. The zero-order valence-electron chi connectivity index (χ0n) is 9.47. The molecule has 0 aliphatic rings. The second-order valence-corrected chi connectivity index (χ2v) is 4.41. The third kappa shape index (κ3) is 3.32. The Labute approximate surface area is 105 Å². The Kier molecular flexibility index (Phi) is 3.77. The van der Waals surface area contributed by atoms with E-state index in [0.29, 0.717) is 0 Å². The van der Waals surface area contributed by atoms with E-state index in [9.17, 15) is 0 Å². The molecule has 17 heavy (non-hydrogen) atoms. The van der Waals surface area contributed by atoms with E-state index in [0.717, 1.165) is 16.3 Å². The van der Waals surface area contributed by atoms with Crippen LogP contribution in [-0.2, 0) is 0 Å². The number of benzene rings is 2. The van der Waals surface area contributed by atoms with Gasteiger partial charge in [0.05, 0.1) is 0 Å². The molecule has 0 spiro atoms. The Balaban J connectivity index is 1.95. The van der Waals surface area contributed by atoms with E-state index in [4.69, 9.17) is 5.11 Å². The molecule has 0 aliphatic heterocycles. The molecule has 3 nitrogen and oxygen atoms in total. The van der Waals surface area contributed by atoms with Gasteiger partial charge in [0.2, 0.25) is 0 Å². The molecule has 2 rings (SSSR count). The van der Waals surface area contributed by atoms with E-state index in [-0.39, 0.29) is 5.75 Å². The van der Waals surface area contributed by atoms with Gasteiger partial charge in [0.1, 0.15) is 5.75 Å². The monoisotopic (exact) mass is 246 g/mol. The summed E-state index contributed by atoms with van der Waals surface area (Å²) in [5.74, 6) is 0.277. The molecule has 0 fully saturated rings. The summed E-state index contributed by atoms with van der Waals surface area (Å²) < 4.78 is 3.21. The van der Waals surface area contributed by atoms with Crippen LogP contribution < -0.4 is 10.0 Å². The highest BCUT2D eigenvalue weighted by Gasteiger charge is 1.96. The normalized spacial score (nSPS) is 9.94. The third-order valence-electron chi connectivity index (χ3n) is 2.30. The quantitative estimate of drug-likeness (QED) is 0.570. The minimum absolute atomic E-state index is 0.277. The summed E-state index contributed by atoms with van der Waals surface area (Å²) in [5, 5.41) is 12.2. The van der Waals surface area contributed by atoms with Crippen molar-refractivity contribution in [1.29, 1.82) is 0 Å². The van der Waals surface area contributed by atoms with Crippen molar-refractivity contribution in [3.05, 3.63) is 48.5 Å². The molecule has 0 unspecified atom stereocenters. The fourth-order valence-electron chi connectivity index (χ4n) is 1.34. The summed E-state index contributed by atoms with van der Waals surface area (Å²) >= 11 is 1.54. The molecule has 0 saturated heterocycles. The lowest BCUT2D eigenvalue weighted by atomic mass is 10.3. The van der Waals surface area contributed by atoms with Crippen LogP contribution in [0.3, 0.4) is 0 Å². The van der Waals surface area contributed by atoms with Crippen LogP contribution in [0.2, 0.25) is 0 Å². The number of hydrogen-bond donors (Lipinski definition) is 3. The highest BCUT2D eigenvalue weighted by Crippen LogP contribution is 2.23.